The van der Waals surface area contributed by atoms with E-state index in [1.807, 2.05) is 41.1 Å². The van der Waals surface area contributed by atoms with Gasteiger partial charge < -0.3 is 14.6 Å². The molecule has 2 heterocycles. The topological polar surface area (TPSA) is 82.9 Å². The summed E-state index contributed by atoms with van der Waals surface area (Å²) in [6, 6.07) is 9.76. The monoisotopic (exact) mass is 365 g/mol. The molecule has 1 aromatic carbocycles. The maximum atomic E-state index is 12.6. The summed E-state index contributed by atoms with van der Waals surface area (Å²) in [4.78, 5) is 14.1. The predicted molar refractivity (Wildman–Crippen MR) is 95.5 cm³/mol. The second-order valence-electron chi connectivity index (χ2n) is 6.69. The average molecular weight is 365 g/mol. The Kier molecular flexibility index (Phi) is 4.86. The molecule has 7 nitrogen and oxygen atoms in total. The van der Waals surface area contributed by atoms with Crippen LogP contribution in [0.5, 0.6) is 0 Å². The summed E-state index contributed by atoms with van der Waals surface area (Å²) in [7, 11) is -0.474. The molecule has 8 heteroatoms. The first-order chi connectivity index (χ1) is 11.8. The molecule has 0 spiro atoms. The smallest absolute Gasteiger partial charge is 0.242 e. The summed E-state index contributed by atoms with van der Waals surface area (Å²) < 4.78 is 27.1. The van der Waals surface area contributed by atoms with E-state index in [0.29, 0.717) is 0 Å². The number of hydrogen-bond acceptors (Lipinski definition) is 4. The number of carbonyl (C=O) groups is 1. The zero-order valence-corrected chi connectivity index (χ0v) is 15.2. The van der Waals surface area contributed by atoms with Crippen molar-refractivity contribution in [2.24, 2.45) is 5.92 Å². The first-order valence-electron chi connectivity index (χ1n) is 8.18. The molecule has 1 N–H and O–H groups in total. The fraction of sp³-hybridized carbons (Fsp3) is 0.471. The molecule has 3 rings (SSSR count). The van der Waals surface area contributed by atoms with Crippen LogP contribution in [0.2, 0.25) is 0 Å². The third kappa shape index (κ3) is 3.70. The molecule has 2 aromatic rings. The van der Waals surface area contributed by atoms with Crippen molar-refractivity contribution in [3.8, 4) is 0 Å². The molecule has 0 radical (unpaired) electrons. The van der Waals surface area contributed by atoms with E-state index < -0.39 is 22.0 Å². The minimum atomic E-state index is -3.41. The second kappa shape index (κ2) is 6.78. The Balaban J connectivity index is 1.68. The number of aliphatic hydroxyl groups is 1. The number of para-hydroxylation sites is 1. The first kappa shape index (κ1) is 17.9. The van der Waals surface area contributed by atoms with Crippen molar-refractivity contribution in [3.63, 3.8) is 0 Å². The molecule has 1 aliphatic heterocycles. The third-order valence-corrected chi connectivity index (χ3v) is 6.69. The van der Waals surface area contributed by atoms with E-state index in [2.05, 4.69) is 0 Å². The van der Waals surface area contributed by atoms with E-state index in [-0.39, 0.29) is 31.3 Å². The number of sulfonamides is 1. The lowest BCUT2D eigenvalue weighted by molar-refractivity contribution is -0.131. The maximum Gasteiger partial charge on any atom is 0.242 e. The van der Waals surface area contributed by atoms with Crippen molar-refractivity contribution in [1.29, 1.82) is 0 Å². The number of β-amino-alcohol motifs (C(OH)–C–C–N with tert-alkyl or cyclic N) is 1. The molecule has 0 bridgehead atoms. The van der Waals surface area contributed by atoms with Gasteiger partial charge in [0.25, 0.3) is 0 Å². The van der Waals surface area contributed by atoms with Crippen molar-refractivity contribution in [1.82, 2.24) is 13.8 Å². The number of benzene rings is 1. The molecule has 1 aliphatic rings. The Morgan fingerprint density at radius 1 is 1.24 bits per heavy atom. The Labute approximate surface area is 147 Å². The van der Waals surface area contributed by atoms with Gasteiger partial charge in [0.05, 0.1) is 11.9 Å². The maximum absolute atomic E-state index is 12.6. The number of hydrogen-bond donors (Lipinski definition) is 1. The van der Waals surface area contributed by atoms with Gasteiger partial charge in [-0.2, -0.15) is 0 Å². The van der Waals surface area contributed by atoms with Gasteiger partial charge in [0.15, 0.2) is 0 Å². The van der Waals surface area contributed by atoms with Crippen LogP contribution in [0.1, 0.15) is 0 Å². The fourth-order valence-electron chi connectivity index (χ4n) is 3.17. The molecular formula is C17H23N3O4S. The van der Waals surface area contributed by atoms with Crippen LogP contribution in [0.15, 0.2) is 36.5 Å². The molecule has 1 aromatic heterocycles. The molecule has 0 aliphatic carbocycles. The van der Waals surface area contributed by atoms with Crippen LogP contribution in [0.4, 0.5) is 0 Å². The van der Waals surface area contributed by atoms with Gasteiger partial charge in [-0.1, -0.05) is 18.2 Å². The fourth-order valence-corrected chi connectivity index (χ4v) is 4.33. The molecule has 0 saturated carbocycles. The minimum absolute atomic E-state index is 0.120. The van der Waals surface area contributed by atoms with Gasteiger partial charge in [-0.25, -0.2) is 12.7 Å². The zero-order chi connectivity index (χ0) is 18.2. The highest BCUT2D eigenvalue weighted by Gasteiger charge is 2.37. The summed E-state index contributed by atoms with van der Waals surface area (Å²) in [5.41, 5.74) is 0.974. The van der Waals surface area contributed by atoms with Crippen molar-refractivity contribution >= 4 is 26.8 Å². The zero-order valence-electron chi connectivity index (χ0n) is 14.4. The van der Waals surface area contributed by atoms with Crippen molar-refractivity contribution in [3.05, 3.63) is 36.5 Å². The Bertz CT molecular complexity index is 875. The molecule has 1 saturated heterocycles. The summed E-state index contributed by atoms with van der Waals surface area (Å²) in [5.74, 6) is -0.736. The van der Waals surface area contributed by atoms with E-state index in [1.54, 1.807) is 4.90 Å². The van der Waals surface area contributed by atoms with E-state index in [9.17, 15) is 18.3 Å². The number of aliphatic hydroxyl groups excluding tert-OH is 1. The van der Waals surface area contributed by atoms with Crippen LogP contribution in [0.3, 0.4) is 0 Å². The van der Waals surface area contributed by atoms with Crippen molar-refractivity contribution in [2.45, 2.75) is 12.6 Å². The molecule has 1 amide bonds. The molecule has 1 fully saturated rings. The summed E-state index contributed by atoms with van der Waals surface area (Å²) in [6.45, 7) is 0.602. The lowest BCUT2D eigenvalue weighted by atomic mass is 10.1. The summed E-state index contributed by atoms with van der Waals surface area (Å²) >= 11 is 0. The van der Waals surface area contributed by atoms with E-state index in [4.69, 9.17) is 0 Å². The SMILES string of the molecule is CN(C)S(=O)(=O)C[C@@H]1CN(C(=O)Cn2ccc3ccccc32)C[C@@H]1O. The highest BCUT2D eigenvalue weighted by molar-refractivity contribution is 7.89. The number of amides is 1. The lowest BCUT2D eigenvalue weighted by Crippen LogP contribution is -2.34. The largest absolute Gasteiger partial charge is 0.391 e. The highest BCUT2D eigenvalue weighted by atomic mass is 32.2. The summed E-state index contributed by atoms with van der Waals surface area (Å²) in [6.07, 6.45) is 1.04. The van der Waals surface area contributed by atoms with Crippen LogP contribution < -0.4 is 0 Å². The van der Waals surface area contributed by atoms with Gasteiger partial charge >= 0.3 is 0 Å². The first-order valence-corrected chi connectivity index (χ1v) is 9.79. The van der Waals surface area contributed by atoms with Gasteiger partial charge in [0.1, 0.15) is 6.54 Å². The number of nitrogens with zero attached hydrogens (tertiary/aromatic N) is 3. The number of fused-ring (bicyclic) bond motifs is 1. The molecule has 25 heavy (non-hydrogen) atoms. The predicted octanol–water partition coefficient (Wildman–Crippen LogP) is 0.352. The van der Waals surface area contributed by atoms with Gasteiger partial charge in [-0.05, 0) is 17.5 Å². The van der Waals surface area contributed by atoms with Gasteiger partial charge in [0, 0.05) is 44.8 Å². The van der Waals surface area contributed by atoms with Crippen LogP contribution >= 0.6 is 0 Å². The summed E-state index contributed by atoms with van der Waals surface area (Å²) in [5, 5.41) is 11.2. The molecular weight excluding hydrogens is 342 g/mol. The van der Waals surface area contributed by atoms with Crippen LogP contribution in [-0.2, 0) is 21.4 Å². The van der Waals surface area contributed by atoms with Crippen LogP contribution in [0.25, 0.3) is 10.9 Å². The average Bonchev–Trinajstić information content (AvgIpc) is 3.12. The Morgan fingerprint density at radius 3 is 2.68 bits per heavy atom. The molecule has 2 atom stereocenters. The highest BCUT2D eigenvalue weighted by Crippen LogP contribution is 2.21. The normalized spacial score (nSPS) is 21.4. The van der Waals surface area contributed by atoms with E-state index in [0.717, 1.165) is 15.2 Å². The minimum Gasteiger partial charge on any atom is -0.391 e. The molecule has 136 valence electrons. The van der Waals surface area contributed by atoms with Crippen molar-refractivity contribution in [2.75, 3.05) is 32.9 Å². The van der Waals surface area contributed by atoms with Gasteiger partial charge in [0.2, 0.25) is 15.9 Å². The van der Waals surface area contributed by atoms with Gasteiger partial charge in [-0.15, -0.1) is 0 Å². The van der Waals surface area contributed by atoms with E-state index >= 15 is 0 Å². The Hall–Kier alpha value is -1.90. The van der Waals surface area contributed by atoms with Crippen molar-refractivity contribution < 1.29 is 18.3 Å². The lowest BCUT2D eigenvalue weighted by Gasteiger charge is -2.18. The molecule has 0 unspecified atom stereocenters. The second-order valence-corrected chi connectivity index (χ2v) is 8.92. The third-order valence-electron chi connectivity index (χ3n) is 4.73. The number of rotatable bonds is 5. The van der Waals surface area contributed by atoms with Crippen LogP contribution in [0, 0.1) is 5.92 Å². The quantitative estimate of drug-likeness (QED) is 0.829. The van der Waals surface area contributed by atoms with E-state index in [1.165, 1.54) is 14.1 Å². The number of carbonyl (C=O) groups excluding carboxylic acids is 1. The number of aromatic nitrogens is 1. The van der Waals surface area contributed by atoms with Gasteiger partial charge in [-0.3, -0.25) is 4.79 Å². The standard InChI is InChI=1S/C17H23N3O4S/c1-18(2)25(23,24)12-14-9-20(10-16(14)21)17(22)11-19-8-7-13-5-3-4-6-15(13)19/h3-8,14,16,21H,9-12H2,1-2H3/t14-,16-/m0/s1. The van der Waals surface area contributed by atoms with Crippen LogP contribution in [-0.4, -0.2) is 72.2 Å². The Morgan fingerprint density at radius 2 is 1.96 bits per heavy atom. The number of likely N-dealkylation sites (tertiary alicyclic amines) is 1.